The molecule has 3 N–H and O–H groups in total. The van der Waals surface area contributed by atoms with E-state index in [1.165, 1.54) is 6.92 Å². The summed E-state index contributed by atoms with van der Waals surface area (Å²) in [6.45, 7) is 3.05. The fraction of sp³-hybridized carbons (Fsp3) is 0.278. The van der Waals surface area contributed by atoms with E-state index in [9.17, 15) is 4.79 Å². The lowest BCUT2D eigenvalue weighted by molar-refractivity contribution is -0.118. The number of imidazole rings is 1. The standard InChI is InChI=1S/C18H18IN5O3S/c1-10(25)21-4-2-6-24-12-3-5-22-17(20)16(12)23-18(24)28-15-8-14-13(7-11(15)19)26-9-27-14/h3,5,7-8H,2,4,6,9H2,1H3,(H2,20,22)(H,21,25). The van der Waals surface area contributed by atoms with Crippen LogP contribution in [0.3, 0.4) is 0 Å². The summed E-state index contributed by atoms with van der Waals surface area (Å²) in [6, 6.07) is 5.84. The van der Waals surface area contributed by atoms with Crippen LogP contribution in [0.15, 0.2) is 34.4 Å². The molecule has 1 aromatic carbocycles. The summed E-state index contributed by atoms with van der Waals surface area (Å²) in [7, 11) is 0. The predicted molar refractivity (Wildman–Crippen MR) is 115 cm³/mol. The predicted octanol–water partition coefficient (Wildman–Crippen LogP) is 3.02. The Bertz CT molecular complexity index is 1060. The molecular formula is C18H18IN5O3S. The van der Waals surface area contributed by atoms with Gasteiger partial charge in [-0.15, -0.1) is 0 Å². The summed E-state index contributed by atoms with van der Waals surface area (Å²) in [5.74, 6) is 1.86. The molecule has 3 aromatic rings. The van der Waals surface area contributed by atoms with Crippen molar-refractivity contribution in [3.05, 3.63) is 28.0 Å². The number of fused-ring (bicyclic) bond motifs is 2. The Balaban J connectivity index is 1.67. The molecule has 1 aliphatic heterocycles. The Hall–Kier alpha value is -2.21. The molecule has 146 valence electrons. The highest BCUT2D eigenvalue weighted by atomic mass is 127. The Kier molecular flexibility index (Phi) is 5.49. The number of anilines is 1. The number of hydrogen-bond acceptors (Lipinski definition) is 7. The fourth-order valence-corrected chi connectivity index (χ4v) is 4.65. The summed E-state index contributed by atoms with van der Waals surface area (Å²) >= 11 is 3.83. The van der Waals surface area contributed by atoms with Crippen LogP contribution in [-0.4, -0.2) is 33.8 Å². The summed E-state index contributed by atoms with van der Waals surface area (Å²) in [5, 5.41) is 3.64. The van der Waals surface area contributed by atoms with Crippen molar-refractivity contribution in [2.24, 2.45) is 0 Å². The maximum Gasteiger partial charge on any atom is 0.231 e. The number of nitrogens with zero attached hydrogens (tertiary/aromatic N) is 3. The van der Waals surface area contributed by atoms with Gasteiger partial charge in [-0.25, -0.2) is 9.97 Å². The normalized spacial score (nSPS) is 12.5. The number of ether oxygens (including phenoxy) is 2. The van der Waals surface area contributed by atoms with Gasteiger partial charge in [0, 0.05) is 34.7 Å². The first-order valence-electron chi connectivity index (χ1n) is 8.65. The number of hydrogen-bond donors (Lipinski definition) is 2. The zero-order valence-corrected chi connectivity index (χ0v) is 18.0. The second-order valence-electron chi connectivity index (χ2n) is 6.18. The van der Waals surface area contributed by atoms with Crippen LogP contribution in [0.1, 0.15) is 13.3 Å². The van der Waals surface area contributed by atoms with Crippen molar-refractivity contribution in [3.63, 3.8) is 0 Å². The topological polar surface area (TPSA) is 104 Å². The number of nitrogens with two attached hydrogens (primary N) is 1. The molecule has 4 rings (SSSR count). The molecular weight excluding hydrogens is 493 g/mol. The number of amides is 1. The van der Waals surface area contributed by atoms with Crippen molar-refractivity contribution in [3.8, 4) is 11.5 Å². The van der Waals surface area contributed by atoms with Gasteiger partial charge in [-0.2, -0.15) is 0 Å². The highest BCUT2D eigenvalue weighted by molar-refractivity contribution is 14.1. The minimum atomic E-state index is -0.0338. The third-order valence-corrected chi connectivity index (χ3v) is 6.53. The average molecular weight is 511 g/mol. The lowest BCUT2D eigenvalue weighted by Crippen LogP contribution is -2.22. The minimum absolute atomic E-state index is 0.0338. The summed E-state index contributed by atoms with van der Waals surface area (Å²) in [4.78, 5) is 21.0. The van der Waals surface area contributed by atoms with Gasteiger partial charge in [-0.1, -0.05) is 11.8 Å². The Morgan fingerprint density at radius 2 is 2.18 bits per heavy atom. The highest BCUT2D eigenvalue weighted by Gasteiger charge is 2.20. The number of halogens is 1. The number of carbonyl (C=O) groups excluding carboxylic acids is 1. The average Bonchev–Trinajstić information content (AvgIpc) is 3.24. The lowest BCUT2D eigenvalue weighted by atomic mass is 10.3. The Morgan fingerprint density at radius 1 is 1.39 bits per heavy atom. The molecule has 1 aliphatic rings. The van der Waals surface area contributed by atoms with E-state index in [1.54, 1.807) is 18.0 Å². The van der Waals surface area contributed by atoms with Gasteiger partial charge in [0.05, 0.1) is 5.52 Å². The quantitative estimate of drug-likeness (QED) is 0.387. The van der Waals surface area contributed by atoms with Crippen molar-refractivity contribution >= 4 is 57.1 Å². The number of benzene rings is 1. The molecule has 0 fully saturated rings. The second-order valence-corrected chi connectivity index (χ2v) is 8.36. The van der Waals surface area contributed by atoms with Crippen LogP contribution in [0.4, 0.5) is 5.82 Å². The molecule has 3 heterocycles. The summed E-state index contributed by atoms with van der Waals surface area (Å²) < 4.78 is 14.1. The van der Waals surface area contributed by atoms with E-state index < -0.39 is 0 Å². The smallest absolute Gasteiger partial charge is 0.231 e. The molecule has 10 heteroatoms. The van der Waals surface area contributed by atoms with Crippen LogP contribution in [0.25, 0.3) is 11.0 Å². The number of nitrogens with one attached hydrogen (secondary N) is 1. The van der Waals surface area contributed by atoms with Gasteiger partial charge in [0.15, 0.2) is 22.5 Å². The second kappa shape index (κ2) is 8.03. The van der Waals surface area contributed by atoms with Crippen molar-refractivity contribution in [2.45, 2.75) is 29.9 Å². The van der Waals surface area contributed by atoms with Crippen molar-refractivity contribution in [1.82, 2.24) is 19.9 Å². The molecule has 0 saturated carbocycles. The number of pyridine rings is 1. The first-order valence-corrected chi connectivity index (χ1v) is 10.5. The maximum atomic E-state index is 11.1. The number of carbonyl (C=O) groups is 1. The van der Waals surface area contributed by atoms with E-state index in [2.05, 4.69) is 37.5 Å². The molecule has 0 radical (unpaired) electrons. The van der Waals surface area contributed by atoms with E-state index in [1.807, 2.05) is 18.2 Å². The molecule has 0 bridgehead atoms. The molecule has 0 spiro atoms. The van der Waals surface area contributed by atoms with Crippen LogP contribution in [0.2, 0.25) is 0 Å². The van der Waals surface area contributed by atoms with Gasteiger partial charge in [0.25, 0.3) is 0 Å². The van der Waals surface area contributed by atoms with E-state index in [0.29, 0.717) is 24.4 Å². The summed E-state index contributed by atoms with van der Waals surface area (Å²) in [5.41, 5.74) is 7.64. The highest BCUT2D eigenvalue weighted by Crippen LogP contribution is 2.41. The lowest BCUT2D eigenvalue weighted by Gasteiger charge is -2.10. The zero-order chi connectivity index (χ0) is 19.7. The monoisotopic (exact) mass is 511 g/mol. The van der Waals surface area contributed by atoms with Gasteiger partial charge < -0.3 is 25.1 Å². The summed E-state index contributed by atoms with van der Waals surface area (Å²) in [6.07, 6.45) is 2.46. The molecule has 2 aromatic heterocycles. The first-order chi connectivity index (χ1) is 13.5. The molecule has 0 unspecified atom stereocenters. The fourth-order valence-electron chi connectivity index (χ4n) is 2.92. The van der Waals surface area contributed by atoms with E-state index >= 15 is 0 Å². The first kappa shape index (κ1) is 19.1. The van der Waals surface area contributed by atoms with Crippen LogP contribution < -0.4 is 20.5 Å². The third-order valence-electron chi connectivity index (χ3n) is 4.22. The number of aryl methyl sites for hydroxylation is 1. The van der Waals surface area contributed by atoms with E-state index in [0.717, 1.165) is 37.1 Å². The zero-order valence-electron chi connectivity index (χ0n) is 15.1. The molecule has 0 atom stereocenters. The largest absolute Gasteiger partial charge is 0.454 e. The Labute approximate surface area is 179 Å². The van der Waals surface area contributed by atoms with Crippen LogP contribution in [0, 0.1) is 3.57 Å². The van der Waals surface area contributed by atoms with Gasteiger partial charge in [0.2, 0.25) is 12.7 Å². The molecule has 0 aliphatic carbocycles. The van der Waals surface area contributed by atoms with Crippen molar-refractivity contribution in [1.29, 1.82) is 0 Å². The van der Waals surface area contributed by atoms with Gasteiger partial charge in [0.1, 0.15) is 5.52 Å². The van der Waals surface area contributed by atoms with E-state index in [4.69, 9.17) is 20.2 Å². The molecule has 0 saturated heterocycles. The number of aromatic nitrogens is 3. The van der Waals surface area contributed by atoms with Crippen molar-refractivity contribution in [2.75, 3.05) is 19.1 Å². The van der Waals surface area contributed by atoms with Gasteiger partial charge in [-0.3, -0.25) is 4.79 Å². The van der Waals surface area contributed by atoms with Gasteiger partial charge in [-0.05, 0) is 47.2 Å². The van der Waals surface area contributed by atoms with Crippen LogP contribution in [-0.2, 0) is 11.3 Å². The molecule has 28 heavy (non-hydrogen) atoms. The van der Waals surface area contributed by atoms with Crippen LogP contribution >= 0.6 is 34.4 Å². The van der Waals surface area contributed by atoms with E-state index in [-0.39, 0.29) is 12.7 Å². The van der Waals surface area contributed by atoms with Crippen LogP contribution in [0.5, 0.6) is 11.5 Å². The van der Waals surface area contributed by atoms with Gasteiger partial charge >= 0.3 is 0 Å². The minimum Gasteiger partial charge on any atom is -0.454 e. The molecule has 1 amide bonds. The van der Waals surface area contributed by atoms with Crippen molar-refractivity contribution < 1.29 is 14.3 Å². The Morgan fingerprint density at radius 3 is 2.96 bits per heavy atom. The molecule has 8 nitrogen and oxygen atoms in total. The SMILES string of the molecule is CC(=O)NCCCn1c(Sc2cc3c(cc2I)OCO3)nc2c(N)nccc21. The third kappa shape index (κ3) is 3.83. The number of rotatable bonds is 6. The number of nitrogen functional groups attached to an aromatic ring is 1. The maximum absolute atomic E-state index is 11.1.